The molecule has 0 bridgehead atoms. The van der Waals surface area contributed by atoms with E-state index in [9.17, 15) is 0 Å². The highest BCUT2D eigenvalue weighted by molar-refractivity contribution is 6.42. The van der Waals surface area contributed by atoms with E-state index < -0.39 is 0 Å². The summed E-state index contributed by atoms with van der Waals surface area (Å²) in [5.74, 6) is 5.42. The van der Waals surface area contributed by atoms with Gasteiger partial charge in [0.1, 0.15) is 0 Å². The molecule has 0 saturated carbocycles. The van der Waals surface area contributed by atoms with Gasteiger partial charge in [0.15, 0.2) is 0 Å². The van der Waals surface area contributed by atoms with E-state index >= 15 is 0 Å². The van der Waals surface area contributed by atoms with Gasteiger partial charge in [0.25, 0.3) is 0 Å². The molecule has 1 aromatic rings. The van der Waals surface area contributed by atoms with Crippen LogP contribution < -0.4 is 11.3 Å². The molecule has 1 aromatic carbocycles. The Kier molecular flexibility index (Phi) is 5.12. The Morgan fingerprint density at radius 2 is 2.20 bits per heavy atom. The highest BCUT2D eigenvalue weighted by Gasteiger charge is 2.10. The summed E-state index contributed by atoms with van der Waals surface area (Å²) in [6.45, 7) is 3.68. The van der Waals surface area contributed by atoms with Gasteiger partial charge in [-0.2, -0.15) is 0 Å². The van der Waals surface area contributed by atoms with Gasteiger partial charge in [0, 0.05) is 6.04 Å². The Labute approximate surface area is 100 Å². The van der Waals surface area contributed by atoms with Gasteiger partial charge >= 0.3 is 0 Å². The maximum Gasteiger partial charge on any atom is 0.0624 e. The lowest BCUT2D eigenvalue weighted by Crippen LogP contribution is -2.36. The van der Waals surface area contributed by atoms with Crippen LogP contribution in [0.15, 0.2) is 30.9 Å². The highest BCUT2D eigenvalue weighted by atomic mass is 35.5. The summed E-state index contributed by atoms with van der Waals surface area (Å²) in [6, 6.07) is 5.73. The molecule has 2 nitrogen and oxygen atoms in total. The molecule has 1 atom stereocenters. The summed E-state index contributed by atoms with van der Waals surface area (Å²) in [5.41, 5.74) is 3.72. The fourth-order valence-electron chi connectivity index (χ4n) is 1.38. The summed E-state index contributed by atoms with van der Waals surface area (Å²) in [7, 11) is 0. The van der Waals surface area contributed by atoms with Crippen molar-refractivity contribution >= 4 is 23.2 Å². The zero-order chi connectivity index (χ0) is 11.3. The smallest absolute Gasteiger partial charge is 0.0624 e. The minimum absolute atomic E-state index is 0.137. The number of nitrogens with one attached hydrogen (secondary N) is 1. The zero-order valence-electron chi connectivity index (χ0n) is 8.34. The lowest BCUT2D eigenvalue weighted by molar-refractivity contribution is 0.531. The Morgan fingerprint density at radius 1 is 1.47 bits per heavy atom. The van der Waals surface area contributed by atoms with Gasteiger partial charge in [-0.15, -0.1) is 6.58 Å². The molecular formula is C11H14Cl2N2. The van der Waals surface area contributed by atoms with Gasteiger partial charge in [0.2, 0.25) is 0 Å². The van der Waals surface area contributed by atoms with Crippen molar-refractivity contribution in [3.8, 4) is 0 Å². The normalized spacial score (nSPS) is 12.5. The maximum absolute atomic E-state index is 6.07. The first-order valence-electron chi connectivity index (χ1n) is 4.69. The van der Waals surface area contributed by atoms with E-state index in [4.69, 9.17) is 29.0 Å². The molecule has 0 amide bonds. The molecule has 15 heavy (non-hydrogen) atoms. The third-order valence-corrected chi connectivity index (χ3v) is 3.04. The van der Waals surface area contributed by atoms with E-state index in [1.54, 1.807) is 6.07 Å². The molecule has 82 valence electrons. The van der Waals surface area contributed by atoms with Crippen molar-refractivity contribution in [2.45, 2.75) is 18.9 Å². The molecule has 0 heterocycles. The van der Waals surface area contributed by atoms with Crippen LogP contribution in [0, 0.1) is 0 Å². The van der Waals surface area contributed by atoms with Gasteiger partial charge in [-0.3, -0.25) is 11.3 Å². The van der Waals surface area contributed by atoms with E-state index in [0.717, 1.165) is 18.4 Å². The van der Waals surface area contributed by atoms with E-state index in [2.05, 4.69) is 12.0 Å². The molecule has 0 aromatic heterocycles. The average Bonchev–Trinajstić information content (AvgIpc) is 2.24. The molecule has 0 spiro atoms. The number of hydrogen-bond donors (Lipinski definition) is 2. The number of halogens is 2. The molecular weight excluding hydrogens is 231 g/mol. The molecule has 0 aliphatic carbocycles. The van der Waals surface area contributed by atoms with Crippen molar-refractivity contribution in [2.24, 2.45) is 5.84 Å². The van der Waals surface area contributed by atoms with Crippen molar-refractivity contribution in [1.82, 2.24) is 5.43 Å². The Balaban J connectivity index is 2.78. The quantitative estimate of drug-likeness (QED) is 0.475. The van der Waals surface area contributed by atoms with Crippen molar-refractivity contribution in [2.75, 3.05) is 0 Å². The van der Waals surface area contributed by atoms with Crippen LogP contribution in [0.25, 0.3) is 0 Å². The first-order valence-corrected chi connectivity index (χ1v) is 5.44. The second-order valence-corrected chi connectivity index (χ2v) is 4.09. The summed E-state index contributed by atoms with van der Waals surface area (Å²) in [6.07, 6.45) is 3.35. The molecule has 0 aliphatic heterocycles. The number of rotatable bonds is 5. The van der Waals surface area contributed by atoms with Crippen LogP contribution >= 0.6 is 23.2 Å². The van der Waals surface area contributed by atoms with Crippen LogP contribution in [0.3, 0.4) is 0 Å². The first-order chi connectivity index (χ1) is 7.19. The monoisotopic (exact) mass is 244 g/mol. The molecule has 4 heteroatoms. The van der Waals surface area contributed by atoms with E-state index in [0.29, 0.717) is 10.0 Å². The highest BCUT2D eigenvalue weighted by Crippen LogP contribution is 2.26. The SMILES string of the molecule is C=CCC(Cc1cccc(Cl)c1Cl)NN. The standard InChI is InChI=1S/C11H14Cl2N2/c1-2-4-9(15-14)7-8-5-3-6-10(12)11(8)13/h2-3,5-6,9,15H,1,4,7,14H2. The second-order valence-electron chi connectivity index (χ2n) is 3.31. The number of benzene rings is 1. The van der Waals surface area contributed by atoms with Crippen LogP contribution in [-0.4, -0.2) is 6.04 Å². The minimum atomic E-state index is 0.137. The van der Waals surface area contributed by atoms with Crippen molar-refractivity contribution in [3.05, 3.63) is 46.5 Å². The number of nitrogens with two attached hydrogens (primary N) is 1. The molecule has 1 rings (SSSR count). The number of hydrogen-bond acceptors (Lipinski definition) is 2. The van der Waals surface area contributed by atoms with Gasteiger partial charge < -0.3 is 0 Å². The summed E-state index contributed by atoms with van der Waals surface area (Å²) >= 11 is 12.0. The third kappa shape index (κ3) is 3.50. The number of hydrazine groups is 1. The van der Waals surface area contributed by atoms with Crippen molar-refractivity contribution in [3.63, 3.8) is 0 Å². The van der Waals surface area contributed by atoms with E-state index in [-0.39, 0.29) is 6.04 Å². The maximum atomic E-state index is 6.07. The van der Waals surface area contributed by atoms with Crippen LogP contribution in [0.1, 0.15) is 12.0 Å². The molecule has 0 aliphatic rings. The van der Waals surface area contributed by atoms with Gasteiger partial charge in [-0.1, -0.05) is 41.4 Å². The molecule has 1 unspecified atom stereocenters. The topological polar surface area (TPSA) is 38.0 Å². The molecule has 0 fully saturated rings. The zero-order valence-corrected chi connectivity index (χ0v) is 9.85. The molecule has 3 N–H and O–H groups in total. The van der Waals surface area contributed by atoms with Crippen molar-refractivity contribution < 1.29 is 0 Å². The van der Waals surface area contributed by atoms with Gasteiger partial charge in [-0.25, -0.2) is 0 Å². The lowest BCUT2D eigenvalue weighted by Gasteiger charge is -2.14. The van der Waals surface area contributed by atoms with Crippen molar-refractivity contribution in [1.29, 1.82) is 0 Å². The van der Waals surface area contributed by atoms with Gasteiger partial charge in [-0.05, 0) is 24.5 Å². The lowest BCUT2D eigenvalue weighted by atomic mass is 10.0. The summed E-state index contributed by atoms with van der Waals surface area (Å²) in [5, 5.41) is 1.17. The predicted octanol–water partition coefficient (Wildman–Crippen LogP) is 2.94. The minimum Gasteiger partial charge on any atom is -0.271 e. The van der Waals surface area contributed by atoms with Crippen LogP contribution in [-0.2, 0) is 6.42 Å². The first kappa shape index (κ1) is 12.5. The summed E-state index contributed by atoms with van der Waals surface area (Å²) in [4.78, 5) is 0. The Bertz CT molecular complexity index is 339. The molecule has 0 saturated heterocycles. The summed E-state index contributed by atoms with van der Waals surface area (Å²) < 4.78 is 0. The van der Waals surface area contributed by atoms with Crippen LogP contribution in [0.2, 0.25) is 10.0 Å². The van der Waals surface area contributed by atoms with Gasteiger partial charge in [0.05, 0.1) is 10.0 Å². The third-order valence-electron chi connectivity index (χ3n) is 2.18. The average molecular weight is 245 g/mol. The largest absolute Gasteiger partial charge is 0.271 e. The second kappa shape index (κ2) is 6.13. The fourth-order valence-corrected chi connectivity index (χ4v) is 1.78. The fraction of sp³-hybridized carbons (Fsp3) is 0.273. The Morgan fingerprint density at radius 3 is 2.80 bits per heavy atom. The predicted molar refractivity (Wildman–Crippen MR) is 66.1 cm³/mol. The Hall–Kier alpha value is -0.540. The van der Waals surface area contributed by atoms with Crippen LogP contribution in [0.4, 0.5) is 0 Å². The van der Waals surface area contributed by atoms with Crippen LogP contribution in [0.5, 0.6) is 0 Å². The van der Waals surface area contributed by atoms with E-state index in [1.165, 1.54) is 0 Å². The molecule has 0 radical (unpaired) electrons. The van der Waals surface area contributed by atoms with E-state index in [1.807, 2.05) is 18.2 Å².